The van der Waals surface area contributed by atoms with Crippen molar-refractivity contribution in [2.24, 2.45) is 0 Å². The molecule has 3 heteroatoms. The van der Waals surface area contributed by atoms with Crippen molar-refractivity contribution in [3.8, 4) is 11.5 Å². The van der Waals surface area contributed by atoms with Gasteiger partial charge in [0.1, 0.15) is 16.9 Å². The summed E-state index contributed by atoms with van der Waals surface area (Å²) in [5, 5.41) is 10.2. The van der Waals surface area contributed by atoms with Gasteiger partial charge in [-0.25, -0.2) is 0 Å². The van der Waals surface area contributed by atoms with Crippen molar-refractivity contribution in [3.63, 3.8) is 0 Å². The standard InChI is InChI=1S/C17H26O2S/c1-5-6-7-8-9-16-19-14-10-12(17(2,3)4)13(18)11-15(14)20-16/h10-11,16,18H,5-9H2,1-4H3. The smallest absolute Gasteiger partial charge is 0.149 e. The monoisotopic (exact) mass is 294 g/mol. The first kappa shape index (κ1) is 15.6. The highest BCUT2D eigenvalue weighted by Gasteiger charge is 2.28. The second kappa shape index (κ2) is 6.30. The molecule has 0 fully saturated rings. The van der Waals surface area contributed by atoms with Gasteiger partial charge in [-0.3, -0.25) is 0 Å². The number of benzene rings is 1. The lowest BCUT2D eigenvalue weighted by Gasteiger charge is -2.21. The van der Waals surface area contributed by atoms with Crippen LogP contribution in [0.3, 0.4) is 0 Å². The van der Waals surface area contributed by atoms with Gasteiger partial charge in [0.15, 0.2) is 0 Å². The van der Waals surface area contributed by atoms with Crippen LogP contribution in [0.15, 0.2) is 17.0 Å². The number of rotatable bonds is 5. The molecule has 2 nitrogen and oxygen atoms in total. The highest BCUT2D eigenvalue weighted by molar-refractivity contribution is 8.00. The fraction of sp³-hybridized carbons (Fsp3) is 0.647. The SMILES string of the molecule is CCCCCCC1Oc2cc(C(C)(C)C)c(O)cc2S1. The van der Waals surface area contributed by atoms with Crippen LogP contribution in [-0.2, 0) is 5.41 Å². The summed E-state index contributed by atoms with van der Waals surface area (Å²) in [5.41, 5.74) is 1.12. The predicted octanol–water partition coefficient (Wildman–Crippen LogP) is 5.47. The van der Waals surface area contributed by atoms with Gasteiger partial charge in [-0.2, -0.15) is 0 Å². The minimum Gasteiger partial charge on any atom is -0.508 e. The fourth-order valence-corrected chi connectivity index (χ4v) is 3.62. The van der Waals surface area contributed by atoms with Crippen molar-refractivity contribution in [1.29, 1.82) is 0 Å². The van der Waals surface area contributed by atoms with Gasteiger partial charge in [0, 0.05) is 5.56 Å². The number of ether oxygens (including phenoxy) is 1. The van der Waals surface area contributed by atoms with Crippen molar-refractivity contribution in [2.45, 2.75) is 75.5 Å². The van der Waals surface area contributed by atoms with E-state index in [1.165, 1.54) is 25.7 Å². The number of fused-ring (bicyclic) bond motifs is 1. The zero-order chi connectivity index (χ0) is 14.8. The normalized spacial score (nSPS) is 17.9. The summed E-state index contributed by atoms with van der Waals surface area (Å²) in [6, 6.07) is 3.89. The third-order valence-electron chi connectivity index (χ3n) is 3.68. The number of hydrogen-bond acceptors (Lipinski definition) is 3. The molecule has 0 saturated heterocycles. The Morgan fingerprint density at radius 2 is 1.95 bits per heavy atom. The maximum atomic E-state index is 10.2. The van der Waals surface area contributed by atoms with Gasteiger partial charge in [0.05, 0.1) is 4.90 Å². The highest BCUT2D eigenvalue weighted by Crippen LogP contribution is 2.47. The van der Waals surface area contributed by atoms with Crippen molar-refractivity contribution in [3.05, 3.63) is 17.7 Å². The summed E-state index contributed by atoms with van der Waals surface area (Å²) in [7, 11) is 0. The van der Waals surface area contributed by atoms with E-state index in [4.69, 9.17) is 4.74 Å². The number of unbranched alkanes of at least 4 members (excludes halogenated alkanes) is 3. The van der Waals surface area contributed by atoms with Crippen LogP contribution in [0.5, 0.6) is 11.5 Å². The molecule has 2 rings (SSSR count). The molecule has 0 aliphatic carbocycles. The largest absolute Gasteiger partial charge is 0.508 e. The topological polar surface area (TPSA) is 29.5 Å². The number of phenols is 1. The molecular formula is C17H26O2S. The van der Waals surface area contributed by atoms with Crippen molar-refractivity contribution >= 4 is 11.8 Å². The Labute approximate surface area is 126 Å². The Balaban J connectivity index is 2.02. The number of thioether (sulfide) groups is 1. The summed E-state index contributed by atoms with van der Waals surface area (Å²) in [5.74, 6) is 1.33. The molecule has 1 unspecified atom stereocenters. The van der Waals surface area contributed by atoms with E-state index >= 15 is 0 Å². The van der Waals surface area contributed by atoms with Crippen molar-refractivity contribution in [2.75, 3.05) is 0 Å². The van der Waals surface area contributed by atoms with Crippen LogP contribution in [0.2, 0.25) is 0 Å². The van der Waals surface area contributed by atoms with Gasteiger partial charge in [-0.15, -0.1) is 0 Å². The third kappa shape index (κ3) is 3.63. The van der Waals surface area contributed by atoms with Crippen LogP contribution in [0.1, 0.15) is 65.4 Å². The molecule has 0 aromatic heterocycles. The first-order valence-corrected chi connectivity index (χ1v) is 8.50. The Hall–Kier alpha value is -0.830. The van der Waals surface area contributed by atoms with Gasteiger partial charge in [0.25, 0.3) is 0 Å². The van der Waals surface area contributed by atoms with Crippen LogP contribution >= 0.6 is 11.8 Å². The average Bonchev–Trinajstić information content (AvgIpc) is 2.74. The van der Waals surface area contributed by atoms with E-state index in [0.717, 1.165) is 22.6 Å². The van der Waals surface area contributed by atoms with Gasteiger partial charge in [-0.05, 0) is 30.4 Å². The quantitative estimate of drug-likeness (QED) is 0.730. The maximum absolute atomic E-state index is 10.2. The molecule has 0 saturated carbocycles. The Bertz CT molecular complexity index is 463. The molecule has 0 radical (unpaired) electrons. The minimum absolute atomic E-state index is 0.0631. The van der Waals surface area contributed by atoms with Crippen molar-refractivity contribution in [1.82, 2.24) is 0 Å². The lowest BCUT2D eigenvalue weighted by Crippen LogP contribution is -2.11. The Morgan fingerprint density at radius 3 is 2.60 bits per heavy atom. The van der Waals surface area contributed by atoms with Crippen LogP contribution in [0.25, 0.3) is 0 Å². The first-order chi connectivity index (χ1) is 9.41. The Kier molecular flexibility index (Phi) is 4.90. The van der Waals surface area contributed by atoms with Crippen LogP contribution in [0, 0.1) is 0 Å². The third-order valence-corrected chi connectivity index (χ3v) is 4.85. The molecule has 0 spiro atoms. The molecule has 1 aromatic rings. The van der Waals surface area contributed by atoms with Gasteiger partial charge < -0.3 is 9.84 Å². The van der Waals surface area contributed by atoms with E-state index in [9.17, 15) is 5.11 Å². The molecule has 1 atom stereocenters. The van der Waals surface area contributed by atoms with E-state index in [2.05, 4.69) is 27.7 Å². The summed E-state index contributed by atoms with van der Waals surface area (Å²) < 4.78 is 6.03. The zero-order valence-corrected chi connectivity index (χ0v) is 13.8. The second-order valence-electron chi connectivity index (χ2n) is 6.58. The summed E-state index contributed by atoms with van der Waals surface area (Å²) >= 11 is 1.75. The first-order valence-electron chi connectivity index (χ1n) is 7.62. The predicted molar refractivity (Wildman–Crippen MR) is 85.8 cm³/mol. The van der Waals surface area contributed by atoms with Gasteiger partial charge in [0.2, 0.25) is 0 Å². The average molecular weight is 294 g/mol. The number of aromatic hydroxyl groups is 1. The van der Waals surface area contributed by atoms with Crippen LogP contribution in [0.4, 0.5) is 0 Å². The van der Waals surface area contributed by atoms with Crippen LogP contribution < -0.4 is 4.74 Å². The molecular weight excluding hydrogens is 268 g/mol. The maximum Gasteiger partial charge on any atom is 0.149 e. The van der Waals surface area contributed by atoms with E-state index in [1.54, 1.807) is 11.8 Å². The molecule has 112 valence electrons. The van der Waals surface area contributed by atoms with Crippen molar-refractivity contribution < 1.29 is 9.84 Å². The molecule has 1 heterocycles. The zero-order valence-electron chi connectivity index (χ0n) is 13.0. The second-order valence-corrected chi connectivity index (χ2v) is 7.78. The van der Waals surface area contributed by atoms with E-state index < -0.39 is 0 Å². The summed E-state index contributed by atoms with van der Waals surface area (Å²) in [4.78, 5) is 1.08. The van der Waals surface area contributed by atoms with Gasteiger partial charge in [-0.1, -0.05) is 58.7 Å². The molecule has 1 aliphatic heterocycles. The number of hydrogen-bond donors (Lipinski definition) is 1. The van der Waals surface area contributed by atoms with E-state index in [1.807, 2.05) is 12.1 Å². The molecule has 0 amide bonds. The van der Waals surface area contributed by atoms with E-state index in [0.29, 0.717) is 5.75 Å². The number of phenolic OH excluding ortho intramolecular Hbond substituents is 1. The van der Waals surface area contributed by atoms with Crippen LogP contribution in [-0.4, -0.2) is 10.5 Å². The summed E-state index contributed by atoms with van der Waals surface area (Å²) in [6.07, 6.45) is 6.16. The van der Waals surface area contributed by atoms with E-state index in [-0.39, 0.29) is 10.9 Å². The lowest BCUT2D eigenvalue weighted by atomic mass is 9.86. The molecule has 0 bridgehead atoms. The summed E-state index contributed by atoms with van der Waals surface area (Å²) in [6.45, 7) is 8.56. The lowest BCUT2D eigenvalue weighted by molar-refractivity contribution is 0.277. The molecule has 1 N–H and O–H groups in total. The minimum atomic E-state index is -0.0631. The van der Waals surface area contributed by atoms with Gasteiger partial charge >= 0.3 is 0 Å². The Morgan fingerprint density at radius 1 is 1.20 bits per heavy atom. The molecule has 20 heavy (non-hydrogen) atoms. The highest BCUT2D eigenvalue weighted by atomic mass is 32.2. The molecule has 1 aromatic carbocycles. The fourth-order valence-electron chi connectivity index (χ4n) is 2.50. The molecule has 1 aliphatic rings.